The lowest BCUT2D eigenvalue weighted by molar-refractivity contribution is -0.138. The van der Waals surface area contributed by atoms with Crippen molar-refractivity contribution in [2.75, 3.05) is 13.7 Å². The van der Waals surface area contributed by atoms with Crippen molar-refractivity contribution < 1.29 is 27.8 Å². The Morgan fingerprint density at radius 2 is 1.82 bits per heavy atom. The molecule has 7 nitrogen and oxygen atoms in total. The number of alkyl halides is 3. The van der Waals surface area contributed by atoms with Crippen LogP contribution in [0.4, 0.5) is 13.2 Å². The number of ether oxygens (including phenoxy) is 1. The minimum Gasteiger partial charge on any atom is -0.496 e. The summed E-state index contributed by atoms with van der Waals surface area (Å²) in [6, 6.07) is 17.3. The highest BCUT2D eigenvalue weighted by molar-refractivity contribution is 5.82. The number of carboxylic acid groups (broad SMARTS) is 1. The van der Waals surface area contributed by atoms with E-state index in [1.807, 2.05) is 43.4 Å². The van der Waals surface area contributed by atoms with Gasteiger partial charge in [0.15, 0.2) is 6.19 Å². The van der Waals surface area contributed by atoms with Crippen LogP contribution in [0.15, 0.2) is 71.7 Å². The van der Waals surface area contributed by atoms with Gasteiger partial charge in [-0.3, -0.25) is 4.79 Å². The van der Waals surface area contributed by atoms with Gasteiger partial charge in [0.1, 0.15) is 5.75 Å². The zero-order valence-electron chi connectivity index (χ0n) is 20.9. The van der Waals surface area contributed by atoms with E-state index in [0.717, 1.165) is 17.7 Å². The van der Waals surface area contributed by atoms with Crippen LogP contribution in [0.5, 0.6) is 5.75 Å². The number of nitrogens with one attached hydrogen (secondary N) is 1. The van der Waals surface area contributed by atoms with E-state index in [1.165, 1.54) is 18.1 Å². The van der Waals surface area contributed by atoms with Crippen molar-refractivity contribution in [3.8, 4) is 23.1 Å². The van der Waals surface area contributed by atoms with Crippen LogP contribution in [0.2, 0.25) is 0 Å². The SMILES string of the molecule is CCNC(=NCc1ccccc1)N(C#N)Cc1cc(C(F)(F)F)ccc1-c1cc(CC(=O)O)ccc1OC. The zero-order valence-corrected chi connectivity index (χ0v) is 20.9. The van der Waals surface area contributed by atoms with Crippen LogP contribution >= 0.6 is 0 Å². The van der Waals surface area contributed by atoms with Crippen molar-refractivity contribution >= 4 is 11.9 Å². The number of aliphatic imine (C=N–C) groups is 1. The normalized spacial score (nSPS) is 11.5. The number of nitriles is 1. The lowest BCUT2D eigenvalue weighted by Gasteiger charge is -2.22. The number of halogens is 3. The van der Waals surface area contributed by atoms with Crippen LogP contribution in [0.3, 0.4) is 0 Å². The van der Waals surface area contributed by atoms with Gasteiger partial charge in [-0.2, -0.15) is 18.4 Å². The molecule has 0 heterocycles. The average molecular weight is 525 g/mol. The molecule has 0 atom stereocenters. The highest BCUT2D eigenvalue weighted by Crippen LogP contribution is 2.38. The van der Waals surface area contributed by atoms with Gasteiger partial charge in [-0.1, -0.05) is 42.5 Å². The number of nitrogens with zero attached hydrogens (tertiary/aromatic N) is 3. The molecule has 0 aliphatic carbocycles. The van der Waals surface area contributed by atoms with E-state index in [1.54, 1.807) is 18.2 Å². The van der Waals surface area contributed by atoms with Crippen molar-refractivity contribution in [2.45, 2.75) is 32.6 Å². The molecule has 0 bridgehead atoms. The molecular formula is C28H27F3N4O3. The first-order valence-corrected chi connectivity index (χ1v) is 11.7. The fourth-order valence-electron chi connectivity index (χ4n) is 3.89. The van der Waals surface area contributed by atoms with Crippen LogP contribution in [0.1, 0.15) is 29.2 Å². The van der Waals surface area contributed by atoms with Gasteiger partial charge in [0.25, 0.3) is 0 Å². The zero-order chi connectivity index (χ0) is 27.7. The van der Waals surface area contributed by atoms with E-state index in [4.69, 9.17) is 4.74 Å². The third kappa shape index (κ3) is 7.26. The molecule has 3 aromatic carbocycles. The fourth-order valence-corrected chi connectivity index (χ4v) is 3.89. The van der Waals surface area contributed by atoms with Gasteiger partial charge in [-0.25, -0.2) is 9.89 Å². The summed E-state index contributed by atoms with van der Waals surface area (Å²) in [5.41, 5.74) is 1.47. The van der Waals surface area contributed by atoms with Crippen molar-refractivity contribution in [2.24, 2.45) is 4.99 Å². The average Bonchev–Trinajstić information content (AvgIpc) is 2.89. The lowest BCUT2D eigenvalue weighted by atomic mass is 9.94. The van der Waals surface area contributed by atoms with Gasteiger partial charge in [0.05, 0.1) is 32.2 Å². The molecule has 0 aromatic heterocycles. The summed E-state index contributed by atoms with van der Waals surface area (Å²) >= 11 is 0. The lowest BCUT2D eigenvalue weighted by Crippen LogP contribution is -2.38. The van der Waals surface area contributed by atoms with E-state index in [2.05, 4.69) is 10.3 Å². The van der Waals surface area contributed by atoms with Gasteiger partial charge >= 0.3 is 12.1 Å². The van der Waals surface area contributed by atoms with Crippen molar-refractivity contribution in [1.29, 1.82) is 5.26 Å². The molecule has 0 fully saturated rings. The summed E-state index contributed by atoms with van der Waals surface area (Å²) < 4.78 is 46.4. The Morgan fingerprint density at radius 3 is 2.42 bits per heavy atom. The number of rotatable bonds is 9. The van der Waals surface area contributed by atoms with E-state index < -0.39 is 17.7 Å². The summed E-state index contributed by atoms with van der Waals surface area (Å²) in [5.74, 6) is -0.476. The standard InChI is InChI=1S/C28H27F3N4O3/c1-3-33-27(34-16-19-7-5-4-6-8-19)35(18-32)17-21-15-22(28(29,30)31)10-11-23(21)24-13-20(14-26(36)37)9-12-25(24)38-2/h4-13,15H,3,14,16-17H2,1-2H3,(H,33,34)(H,36,37). The molecule has 0 aliphatic rings. The number of hydrogen-bond acceptors (Lipinski definition) is 4. The van der Waals surface area contributed by atoms with Gasteiger partial charge in [0.2, 0.25) is 5.96 Å². The largest absolute Gasteiger partial charge is 0.496 e. The van der Waals surface area contributed by atoms with Crippen molar-refractivity contribution in [3.05, 3.63) is 89.0 Å². The number of methoxy groups -OCH3 is 1. The number of benzene rings is 3. The molecule has 0 saturated carbocycles. The Morgan fingerprint density at radius 1 is 1.08 bits per heavy atom. The molecule has 3 aromatic rings. The van der Waals surface area contributed by atoms with Crippen LogP contribution in [0, 0.1) is 11.5 Å². The molecular weight excluding hydrogens is 497 g/mol. The topological polar surface area (TPSA) is 98.0 Å². The minimum atomic E-state index is -4.61. The number of carbonyl (C=O) groups is 1. The maximum atomic E-state index is 13.7. The molecule has 0 spiro atoms. The molecule has 10 heteroatoms. The van der Waals surface area contributed by atoms with Gasteiger partial charge in [-0.15, -0.1) is 0 Å². The minimum absolute atomic E-state index is 0.192. The molecule has 0 radical (unpaired) electrons. The first kappa shape index (κ1) is 28.1. The summed E-state index contributed by atoms with van der Waals surface area (Å²) in [4.78, 5) is 17.0. The van der Waals surface area contributed by atoms with Crippen molar-refractivity contribution in [3.63, 3.8) is 0 Å². The highest BCUT2D eigenvalue weighted by Gasteiger charge is 2.31. The predicted molar refractivity (Wildman–Crippen MR) is 137 cm³/mol. The maximum Gasteiger partial charge on any atom is 0.416 e. The Bertz CT molecular complexity index is 1340. The smallest absolute Gasteiger partial charge is 0.416 e. The predicted octanol–water partition coefficient (Wildman–Crippen LogP) is 5.46. The van der Waals surface area contributed by atoms with Gasteiger partial charge in [0, 0.05) is 12.1 Å². The second kappa shape index (κ2) is 12.6. The fraction of sp³-hybridized carbons (Fsp3) is 0.250. The van der Waals surface area contributed by atoms with Crippen LogP contribution in [-0.2, 0) is 30.5 Å². The van der Waals surface area contributed by atoms with Crippen molar-refractivity contribution in [1.82, 2.24) is 10.2 Å². The molecule has 3 rings (SSSR count). The second-order valence-corrected chi connectivity index (χ2v) is 8.32. The van der Waals surface area contributed by atoms with Gasteiger partial charge in [-0.05, 0) is 53.4 Å². The summed E-state index contributed by atoms with van der Waals surface area (Å²) in [6.45, 7) is 2.30. The highest BCUT2D eigenvalue weighted by atomic mass is 19.4. The number of carboxylic acids is 1. The summed E-state index contributed by atoms with van der Waals surface area (Å²) in [5, 5.41) is 22.2. The molecule has 2 N–H and O–H groups in total. The molecule has 0 aliphatic heterocycles. The quantitative estimate of drug-likeness (QED) is 0.167. The monoisotopic (exact) mass is 524 g/mol. The second-order valence-electron chi connectivity index (χ2n) is 8.32. The van der Waals surface area contributed by atoms with E-state index >= 15 is 0 Å². The Labute approximate surface area is 218 Å². The van der Waals surface area contributed by atoms with E-state index in [9.17, 15) is 28.3 Å². The van der Waals surface area contributed by atoms with Crippen LogP contribution in [-0.4, -0.2) is 35.6 Å². The molecule has 38 heavy (non-hydrogen) atoms. The number of aliphatic carboxylic acids is 1. The maximum absolute atomic E-state index is 13.7. The number of hydrogen-bond donors (Lipinski definition) is 2. The van der Waals surface area contributed by atoms with Gasteiger partial charge < -0.3 is 15.2 Å². The third-order valence-corrected chi connectivity index (χ3v) is 5.64. The first-order valence-electron chi connectivity index (χ1n) is 11.7. The first-order chi connectivity index (χ1) is 18.2. The summed E-state index contributed by atoms with van der Waals surface area (Å²) in [7, 11) is 1.42. The molecule has 0 unspecified atom stereocenters. The molecule has 0 saturated heterocycles. The molecule has 198 valence electrons. The Hall–Kier alpha value is -4.52. The molecule has 0 amide bonds. The third-order valence-electron chi connectivity index (χ3n) is 5.64. The van der Waals surface area contributed by atoms with Crippen LogP contribution < -0.4 is 10.1 Å². The Balaban J connectivity index is 2.10. The van der Waals surface area contributed by atoms with E-state index in [0.29, 0.717) is 29.0 Å². The summed E-state index contributed by atoms with van der Waals surface area (Å²) in [6.07, 6.45) is -2.85. The number of guanidine groups is 1. The van der Waals surface area contributed by atoms with E-state index in [-0.39, 0.29) is 31.0 Å². The van der Waals surface area contributed by atoms with Crippen LogP contribution in [0.25, 0.3) is 11.1 Å². The Kier molecular flexibility index (Phi) is 9.33.